The number of aromatic amines is 1. The number of anilines is 1. The fraction of sp³-hybridized carbons (Fsp3) is 0.154. The van der Waals surface area contributed by atoms with Crippen LogP contribution in [-0.2, 0) is 6.54 Å². The van der Waals surface area contributed by atoms with Gasteiger partial charge in [0.25, 0.3) is 0 Å². The van der Waals surface area contributed by atoms with Gasteiger partial charge in [0.2, 0.25) is 0 Å². The first-order valence-corrected chi connectivity index (χ1v) is 5.10. The normalized spacial score (nSPS) is 9.93. The molecule has 2 heteroatoms. The number of hydrogen-bond acceptors (Lipinski definition) is 1. The molecule has 2 aromatic rings. The van der Waals surface area contributed by atoms with Gasteiger partial charge in [0.1, 0.15) is 0 Å². The van der Waals surface area contributed by atoms with Crippen molar-refractivity contribution in [2.75, 3.05) is 5.32 Å². The van der Waals surface area contributed by atoms with E-state index in [9.17, 15) is 0 Å². The molecule has 0 saturated carbocycles. The molecule has 0 unspecified atom stereocenters. The lowest BCUT2D eigenvalue weighted by Gasteiger charge is -2.04. The Hall–Kier alpha value is -1.83. The van der Waals surface area contributed by atoms with Crippen molar-refractivity contribution in [2.45, 2.75) is 13.5 Å². The molecular weight excluding hydrogens is 184 g/mol. The Morgan fingerprint density at radius 3 is 2.60 bits per heavy atom. The number of pyridine rings is 1. The van der Waals surface area contributed by atoms with Crippen molar-refractivity contribution in [1.29, 1.82) is 0 Å². The zero-order chi connectivity index (χ0) is 10.5. The second kappa shape index (κ2) is 4.60. The third-order valence-corrected chi connectivity index (χ3v) is 2.32. The molecule has 0 aliphatic rings. The molecule has 0 atom stereocenters. The molecule has 0 bridgehead atoms. The monoisotopic (exact) mass is 199 g/mol. The number of rotatable bonds is 3. The highest BCUT2D eigenvalue weighted by Gasteiger charge is 1.95. The number of hydrogen-bond donors (Lipinski definition) is 1. The lowest BCUT2D eigenvalue weighted by atomic mass is 10.2. The highest BCUT2D eigenvalue weighted by molar-refractivity contribution is 5.44. The molecule has 0 saturated heterocycles. The third kappa shape index (κ3) is 2.81. The highest BCUT2D eigenvalue weighted by atomic mass is 14.9. The van der Waals surface area contributed by atoms with Gasteiger partial charge in [0, 0.05) is 23.9 Å². The van der Waals surface area contributed by atoms with Crippen molar-refractivity contribution in [2.24, 2.45) is 0 Å². The molecule has 2 N–H and O–H groups in total. The van der Waals surface area contributed by atoms with E-state index in [2.05, 4.69) is 47.6 Å². The molecule has 0 fully saturated rings. The van der Waals surface area contributed by atoms with Gasteiger partial charge in [-0.05, 0) is 25.1 Å². The van der Waals surface area contributed by atoms with E-state index in [4.69, 9.17) is 0 Å². The van der Waals surface area contributed by atoms with Crippen LogP contribution in [0.2, 0.25) is 0 Å². The van der Waals surface area contributed by atoms with Gasteiger partial charge in [-0.15, -0.1) is 0 Å². The summed E-state index contributed by atoms with van der Waals surface area (Å²) in [5, 5.41) is 3.37. The van der Waals surface area contributed by atoms with E-state index in [1.807, 2.05) is 18.5 Å². The summed E-state index contributed by atoms with van der Waals surface area (Å²) >= 11 is 0. The SMILES string of the molecule is Cc1ccc(NCc2ccc[nH+]c2)cc1. The van der Waals surface area contributed by atoms with Gasteiger partial charge in [-0.1, -0.05) is 17.7 Å². The maximum Gasteiger partial charge on any atom is 0.171 e. The molecule has 0 amide bonds. The van der Waals surface area contributed by atoms with E-state index in [1.165, 1.54) is 11.1 Å². The summed E-state index contributed by atoms with van der Waals surface area (Å²) in [6.45, 7) is 2.94. The van der Waals surface area contributed by atoms with Crippen molar-refractivity contribution in [3.05, 3.63) is 59.9 Å². The molecule has 0 aliphatic heterocycles. The zero-order valence-corrected chi connectivity index (χ0v) is 8.83. The van der Waals surface area contributed by atoms with Crippen LogP contribution in [0.1, 0.15) is 11.1 Å². The molecule has 1 heterocycles. The first kappa shape index (κ1) is 9.71. The summed E-state index contributed by atoms with van der Waals surface area (Å²) in [6, 6.07) is 12.5. The topological polar surface area (TPSA) is 26.2 Å². The van der Waals surface area contributed by atoms with Crippen molar-refractivity contribution >= 4 is 5.69 Å². The van der Waals surface area contributed by atoms with Crippen LogP contribution in [0.15, 0.2) is 48.8 Å². The van der Waals surface area contributed by atoms with Crippen LogP contribution in [0.3, 0.4) is 0 Å². The van der Waals surface area contributed by atoms with Gasteiger partial charge in [-0.3, -0.25) is 0 Å². The summed E-state index contributed by atoms with van der Waals surface area (Å²) in [5.41, 5.74) is 3.69. The van der Waals surface area contributed by atoms with Crippen molar-refractivity contribution in [1.82, 2.24) is 0 Å². The average molecular weight is 199 g/mol. The lowest BCUT2D eigenvalue weighted by molar-refractivity contribution is -0.378. The van der Waals surface area contributed by atoms with E-state index < -0.39 is 0 Å². The molecule has 76 valence electrons. The second-order valence-electron chi connectivity index (χ2n) is 3.63. The van der Waals surface area contributed by atoms with Gasteiger partial charge in [-0.25, -0.2) is 4.98 Å². The van der Waals surface area contributed by atoms with Crippen molar-refractivity contribution < 1.29 is 4.98 Å². The Labute approximate surface area is 90.0 Å². The van der Waals surface area contributed by atoms with Crippen LogP contribution >= 0.6 is 0 Å². The number of nitrogens with one attached hydrogen (secondary N) is 2. The van der Waals surface area contributed by atoms with Crippen LogP contribution in [0.4, 0.5) is 5.69 Å². The summed E-state index contributed by atoms with van der Waals surface area (Å²) in [5.74, 6) is 0. The van der Waals surface area contributed by atoms with Gasteiger partial charge in [0.15, 0.2) is 12.4 Å². The predicted octanol–water partition coefficient (Wildman–Crippen LogP) is 2.42. The third-order valence-electron chi connectivity index (χ3n) is 2.32. The first-order chi connectivity index (χ1) is 7.34. The van der Waals surface area contributed by atoms with E-state index in [0.29, 0.717) is 0 Å². The molecule has 2 rings (SSSR count). The van der Waals surface area contributed by atoms with Crippen LogP contribution < -0.4 is 10.3 Å². The van der Waals surface area contributed by atoms with E-state index >= 15 is 0 Å². The molecular formula is C13H15N2+. The lowest BCUT2D eigenvalue weighted by Crippen LogP contribution is -2.05. The molecule has 1 aromatic heterocycles. The predicted molar refractivity (Wildman–Crippen MR) is 61.5 cm³/mol. The molecule has 0 aliphatic carbocycles. The minimum Gasteiger partial charge on any atom is -0.381 e. The minimum absolute atomic E-state index is 0.848. The van der Waals surface area contributed by atoms with Gasteiger partial charge in [0.05, 0.1) is 0 Å². The Morgan fingerprint density at radius 1 is 1.13 bits per heavy atom. The smallest absolute Gasteiger partial charge is 0.171 e. The highest BCUT2D eigenvalue weighted by Crippen LogP contribution is 2.09. The number of aryl methyl sites for hydroxylation is 1. The fourth-order valence-electron chi connectivity index (χ4n) is 1.42. The number of aromatic nitrogens is 1. The Morgan fingerprint density at radius 2 is 1.93 bits per heavy atom. The molecule has 0 spiro atoms. The van der Waals surface area contributed by atoms with E-state index in [1.54, 1.807) is 0 Å². The first-order valence-electron chi connectivity index (χ1n) is 5.10. The summed E-state index contributed by atoms with van der Waals surface area (Å²) in [7, 11) is 0. The second-order valence-corrected chi connectivity index (χ2v) is 3.63. The number of benzene rings is 1. The van der Waals surface area contributed by atoms with Crippen LogP contribution in [0.5, 0.6) is 0 Å². The Balaban J connectivity index is 1.96. The van der Waals surface area contributed by atoms with Crippen molar-refractivity contribution in [3.63, 3.8) is 0 Å². The van der Waals surface area contributed by atoms with Gasteiger partial charge >= 0.3 is 0 Å². The summed E-state index contributed by atoms with van der Waals surface area (Å²) in [4.78, 5) is 3.07. The zero-order valence-electron chi connectivity index (χ0n) is 8.83. The standard InChI is InChI=1S/C13H14N2/c1-11-4-6-13(7-5-11)15-10-12-3-2-8-14-9-12/h2-9,15H,10H2,1H3/p+1. The number of H-pyrrole nitrogens is 1. The molecule has 0 radical (unpaired) electrons. The van der Waals surface area contributed by atoms with Crippen LogP contribution in [-0.4, -0.2) is 0 Å². The minimum atomic E-state index is 0.848. The Bertz CT molecular complexity index is 406. The van der Waals surface area contributed by atoms with Gasteiger partial charge < -0.3 is 5.32 Å². The summed E-state index contributed by atoms with van der Waals surface area (Å²) in [6.07, 6.45) is 3.91. The maximum atomic E-state index is 3.37. The van der Waals surface area contributed by atoms with Gasteiger partial charge in [-0.2, -0.15) is 0 Å². The summed E-state index contributed by atoms with van der Waals surface area (Å²) < 4.78 is 0. The maximum absolute atomic E-state index is 3.37. The van der Waals surface area contributed by atoms with E-state index in [-0.39, 0.29) is 0 Å². The largest absolute Gasteiger partial charge is 0.381 e. The molecule has 1 aromatic carbocycles. The average Bonchev–Trinajstić information content (AvgIpc) is 2.30. The van der Waals surface area contributed by atoms with Crippen LogP contribution in [0.25, 0.3) is 0 Å². The molecule has 2 nitrogen and oxygen atoms in total. The van der Waals surface area contributed by atoms with Crippen molar-refractivity contribution in [3.8, 4) is 0 Å². The molecule has 15 heavy (non-hydrogen) atoms. The van der Waals surface area contributed by atoms with E-state index in [0.717, 1.165) is 12.2 Å². The Kier molecular flexibility index (Phi) is 2.98. The quantitative estimate of drug-likeness (QED) is 0.807. The fourth-order valence-corrected chi connectivity index (χ4v) is 1.42. The van der Waals surface area contributed by atoms with Crippen LogP contribution in [0, 0.1) is 6.92 Å².